The van der Waals surface area contributed by atoms with Crippen molar-refractivity contribution in [2.75, 3.05) is 13.1 Å². The molecular formula is C23H26N4O2S. The molecule has 1 saturated heterocycles. The molecule has 0 spiro atoms. The second kappa shape index (κ2) is 9.36. The van der Waals surface area contributed by atoms with Crippen LogP contribution in [0.2, 0.25) is 0 Å². The first-order valence-corrected chi connectivity index (χ1v) is 11.2. The zero-order valence-electron chi connectivity index (χ0n) is 17.1. The molecular weight excluding hydrogens is 396 g/mol. The van der Waals surface area contributed by atoms with E-state index in [2.05, 4.69) is 15.6 Å². The van der Waals surface area contributed by atoms with Gasteiger partial charge in [0.25, 0.3) is 11.5 Å². The van der Waals surface area contributed by atoms with Gasteiger partial charge in [0.1, 0.15) is 10.6 Å². The fraction of sp³-hybridized carbons (Fsp3) is 0.348. The number of pyridine rings is 1. The van der Waals surface area contributed by atoms with Crippen LogP contribution in [0, 0.1) is 12.8 Å². The minimum Gasteiger partial charge on any atom is -0.345 e. The largest absolute Gasteiger partial charge is 0.345 e. The molecule has 156 valence electrons. The molecule has 1 aliphatic rings. The van der Waals surface area contributed by atoms with Gasteiger partial charge in [0, 0.05) is 23.7 Å². The first kappa shape index (κ1) is 20.5. The van der Waals surface area contributed by atoms with Crippen molar-refractivity contribution in [1.82, 2.24) is 20.2 Å². The third-order valence-electron chi connectivity index (χ3n) is 5.48. The van der Waals surface area contributed by atoms with Crippen LogP contribution >= 0.6 is 11.3 Å². The lowest BCUT2D eigenvalue weighted by molar-refractivity contribution is 0.0948. The van der Waals surface area contributed by atoms with Crippen LogP contribution in [0.15, 0.2) is 52.8 Å². The molecule has 1 unspecified atom stereocenters. The molecule has 4 rings (SSSR count). The first-order chi connectivity index (χ1) is 14.6. The number of piperidine rings is 1. The zero-order chi connectivity index (χ0) is 20.9. The van der Waals surface area contributed by atoms with Crippen molar-refractivity contribution < 1.29 is 4.79 Å². The molecule has 1 atom stereocenters. The molecule has 6 nitrogen and oxygen atoms in total. The molecule has 3 heterocycles. The highest BCUT2D eigenvalue weighted by atomic mass is 32.1. The molecule has 30 heavy (non-hydrogen) atoms. The number of aromatic nitrogens is 2. The number of aryl methyl sites for hydroxylation is 1. The van der Waals surface area contributed by atoms with E-state index in [9.17, 15) is 9.59 Å². The summed E-state index contributed by atoms with van der Waals surface area (Å²) >= 11 is 1.50. The van der Waals surface area contributed by atoms with Crippen LogP contribution in [0.25, 0.3) is 11.3 Å². The van der Waals surface area contributed by atoms with E-state index in [4.69, 9.17) is 0 Å². The fourth-order valence-corrected chi connectivity index (χ4v) is 4.56. The van der Waals surface area contributed by atoms with E-state index in [-0.39, 0.29) is 17.0 Å². The van der Waals surface area contributed by atoms with Crippen molar-refractivity contribution in [3.8, 4) is 11.3 Å². The van der Waals surface area contributed by atoms with Crippen LogP contribution in [0.3, 0.4) is 0 Å². The Morgan fingerprint density at radius 1 is 1.30 bits per heavy atom. The smallest absolute Gasteiger partial charge is 0.263 e. The number of rotatable bonds is 6. The third kappa shape index (κ3) is 4.68. The second-order valence-corrected chi connectivity index (χ2v) is 8.66. The number of amides is 1. The highest BCUT2D eigenvalue weighted by Gasteiger charge is 2.19. The van der Waals surface area contributed by atoms with Crippen LogP contribution in [-0.4, -0.2) is 28.5 Å². The van der Waals surface area contributed by atoms with Gasteiger partial charge in [-0.25, -0.2) is 4.98 Å². The Labute approximate surface area is 180 Å². The molecule has 7 heteroatoms. The van der Waals surface area contributed by atoms with Gasteiger partial charge in [0.2, 0.25) is 0 Å². The maximum absolute atomic E-state index is 13.0. The van der Waals surface area contributed by atoms with E-state index in [0.29, 0.717) is 24.6 Å². The quantitative estimate of drug-likeness (QED) is 0.640. The molecule has 1 aromatic carbocycles. The average Bonchev–Trinajstić information content (AvgIpc) is 3.25. The van der Waals surface area contributed by atoms with E-state index in [1.165, 1.54) is 11.3 Å². The van der Waals surface area contributed by atoms with Crippen LogP contribution in [0.5, 0.6) is 0 Å². The van der Waals surface area contributed by atoms with Gasteiger partial charge in [0.05, 0.1) is 12.2 Å². The number of carbonyl (C=O) groups excluding carboxylic acids is 1. The van der Waals surface area contributed by atoms with E-state index in [1.54, 1.807) is 17.7 Å². The average molecular weight is 423 g/mol. The van der Waals surface area contributed by atoms with Crippen molar-refractivity contribution in [3.05, 3.63) is 74.5 Å². The molecule has 0 bridgehead atoms. The SMILES string of the molecule is Cc1ccn(CC2CCCNC2)c(=O)c1C(=O)NCc1nc(-c2ccccc2)cs1. The van der Waals surface area contributed by atoms with E-state index >= 15 is 0 Å². The lowest BCUT2D eigenvalue weighted by Gasteiger charge is -2.23. The summed E-state index contributed by atoms with van der Waals surface area (Å²) in [6, 6.07) is 11.8. The van der Waals surface area contributed by atoms with Gasteiger partial charge in [-0.1, -0.05) is 30.3 Å². The van der Waals surface area contributed by atoms with E-state index in [0.717, 1.165) is 42.2 Å². The van der Waals surface area contributed by atoms with Crippen LogP contribution in [0.1, 0.15) is 33.8 Å². The number of hydrogen-bond donors (Lipinski definition) is 2. The molecule has 1 amide bonds. The maximum atomic E-state index is 13.0. The van der Waals surface area contributed by atoms with Crippen molar-refractivity contribution in [2.24, 2.45) is 5.92 Å². The number of nitrogens with zero attached hydrogens (tertiary/aromatic N) is 2. The summed E-state index contributed by atoms with van der Waals surface area (Å²) < 4.78 is 1.68. The van der Waals surface area contributed by atoms with Crippen molar-refractivity contribution >= 4 is 17.2 Å². The monoisotopic (exact) mass is 422 g/mol. The molecule has 2 aromatic heterocycles. The summed E-state index contributed by atoms with van der Waals surface area (Å²) in [6.45, 7) is 4.70. The highest BCUT2D eigenvalue weighted by molar-refractivity contribution is 7.09. The number of thiazole rings is 1. The van der Waals surface area contributed by atoms with Gasteiger partial charge in [-0.2, -0.15) is 0 Å². The number of carbonyl (C=O) groups is 1. The second-order valence-electron chi connectivity index (χ2n) is 7.72. The Morgan fingerprint density at radius 3 is 2.90 bits per heavy atom. The molecule has 3 aromatic rings. The van der Waals surface area contributed by atoms with Gasteiger partial charge in [-0.3, -0.25) is 9.59 Å². The Balaban J connectivity index is 1.45. The molecule has 1 aliphatic heterocycles. The Kier molecular flexibility index (Phi) is 6.40. The lowest BCUT2D eigenvalue weighted by atomic mass is 9.99. The fourth-order valence-electron chi connectivity index (χ4n) is 3.82. The van der Waals surface area contributed by atoms with Gasteiger partial charge in [-0.05, 0) is 50.4 Å². The number of hydrogen-bond acceptors (Lipinski definition) is 5. The van der Waals surface area contributed by atoms with Gasteiger partial charge >= 0.3 is 0 Å². The molecule has 0 aliphatic carbocycles. The van der Waals surface area contributed by atoms with Crippen LogP contribution < -0.4 is 16.2 Å². The van der Waals surface area contributed by atoms with Crippen molar-refractivity contribution in [1.29, 1.82) is 0 Å². The predicted octanol–water partition coefficient (Wildman–Crippen LogP) is 3.21. The summed E-state index contributed by atoms with van der Waals surface area (Å²) in [6.07, 6.45) is 4.02. The van der Waals surface area contributed by atoms with E-state index < -0.39 is 0 Å². The van der Waals surface area contributed by atoms with Crippen molar-refractivity contribution in [2.45, 2.75) is 32.9 Å². The van der Waals surface area contributed by atoms with Gasteiger partial charge < -0.3 is 15.2 Å². The van der Waals surface area contributed by atoms with E-state index in [1.807, 2.05) is 41.8 Å². The molecule has 2 N–H and O–H groups in total. The maximum Gasteiger partial charge on any atom is 0.263 e. The normalized spacial score (nSPS) is 16.4. The summed E-state index contributed by atoms with van der Waals surface area (Å²) in [4.78, 5) is 30.4. The lowest BCUT2D eigenvalue weighted by Crippen LogP contribution is -2.37. The minimum atomic E-state index is -0.343. The minimum absolute atomic E-state index is 0.220. The highest BCUT2D eigenvalue weighted by Crippen LogP contribution is 2.21. The first-order valence-electron chi connectivity index (χ1n) is 10.3. The summed E-state index contributed by atoms with van der Waals surface area (Å²) in [7, 11) is 0. The van der Waals surface area contributed by atoms with Gasteiger partial charge in [0.15, 0.2) is 0 Å². The van der Waals surface area contributed by atoms with Crippen LogP contribution in [0.4, 0.5) is 0 Å². The van der Waals surface area contributed by atoms with Gasteiger partial charge in [-0.15, -0.1) is 11.3 Å². The topological polar surface area (TPSA) is 76.0 Å². The zero-order valence-corrected chi connectivity index (χ0v) is 17.9. The Hall–Kier alpha value is -2.77. The Bertz CT molecular complexity index is 1070. The number of nitrogens with one attached hydrogen (secondary N) is 2. The van der Waals surface area contributed by atoms with Crippen LogP contribution in [-0.2, 0) is 13.1 Å². The van der Waals surface area contributed by atoms with Crippen molar-refractivity contribution in [3.63, 3.8) is 0 Å². The molecule has 0 saturated carbocycles. The number of benzene rings is 1. The Morgan fingerprint density at radius 2 is 2.13 bits per heavy atom. The predicted molar refractivity (Wildman–Crippen MR) is 120 cm³/mol. The summed E-state index contributed by atoms with van der Waals surface area (Å²) in [5.74, 6) is 0.0758. The molecule has 1 fully saturated rings. The summed E-state index contributed by atoms with van der Waals surface area (Å²) in [5.41, 5.74) is 2.64. The summed E-state index contributed by atoms with van der Waals surface area (Å²) in [5, 5.41) is 9.04. The third-order valence-corrected chi connectivity index (χ3v) is 6.32. The molecule has 0 radical (unpaired) electrons. The standard InChI is InChI=1S/C23H26N4O2S/c1-16-9-11-27(14-17-6-5-10-24-12-17)23(29)21(16)22(28)25-13-20-26-19(15-30-20)18-7-3-2-4-8-18/h2-4,7-9,11,15,17,24H,5-6,10,12-14H2,1H3,(H,25,28).